The number of hydrogen-bond acceptors (Lipinski definition) is 3. The number of ether oxygens (including phenoxy) is 1. The van der Waals surface area contributed by atoms with Gasteiger partial charge in [0.25, 0.3) is 5.56 Å². The maximum Gasteiger partial charge on any atom is 0.339 e. The molecule has 0 aliphatic rings. The summed E-state index contributed by atoms with van der Waals surface area (Å²) < 4.78 is 6.60. The Morgan fingerprint density at radius 1 is 0.806 bits per heavy atom. The fourth-order valence-electron chi connectivity index (χ4n) is 3.70. The number of benzene rings is 3. The van der Waals surface area contributed by atoms with Crippen LogP contribution in [0.5, 0.6) is 0 Å². The molecule has 0 radical (unpaired) electrons. The average Bonchev–Trinajstić information content (AvgIpc) is 3.12. The van der Waals surface area contributed by atoms with Crippen molar-refractivity contribution < 1.29 is 9.53 Å². The summed E-state index contributed by atoms with van der Waals surface area (Å²) in [6.45, 7) is 1.78. The lowest BCUT2D eigenvalue weighted by atomic mass is 9.89. The van der Waals surface area contributed by atoms with Gasteiger partial charge in [0.15, 0.2) is 0 Å². The lowest BCUT2D eigenvalue weighted by Crippen LogP contribution is -2.20. The van der Waals surface area contributed by atoms with Crippen molar-refractivity contribution in [1.29, 1.82) is 0 Å². The SMILES string of the molecule is COC(=O)C(=C(c1ccccc1)c1ccccc1)c1c(C)[nH]n(-c2ccccc2)c1=O. The first kappa shape index (κ1) is 20.2. The molecule has 0 bridgehead atoms. The molecule has 1 aromatic heterocycles. The number of carbonyl (C=O) groups is 1. The van der Waals surface area contributed by atoms with Crippen molar-refractivity contribution >= 4 is 17.1 Å². The first-order valence-corrected chi connectivity index (χ1v) is 9.92. The largest absolute Gasteiger partial charge is 0.465 e. The molecule has 0 spiro atoms. The zero-order valence-electron chi connectivity index (χ0n) is 17.3. The van der Waals surface area contributed by atoms with Crippen LogP contribution in [0.4, 0.5) is 0 Å². The Labute approximate surface area is 180 Å². The number of hydrogen-bond donors (Lipinski definition) is 1. The highest BCUT2D eigenvalue weighted by atomic mass is 16.5. The zero-order chi connectivity index (χ0) is 21.8. The lowest BCUT2D eigenvalue weighted by molar-refractivity contribution is -0.133. The average molecular weight is 410 g/mol. The van der Waals surface area contributed by atoms with Crippen molar-refractivity contribution in [3.63, 3.8) is 0 Å². The monoisotopic (exact) mass is 410 g/mol. The summed E-state index contributed by atoms with van der Waals surface area (Å²) in [5.41, 5.74) is 3.76. The van der Waals surface area contributed by atoms with Crippen LogP contribution in [0.2, 0.25) is 0 Å². The Balaban J connectivity index is 2.08. The minimum atomic E-state index is -0.567. The number of aromatic nitrogens is 2. The number of carbonyl (C=O) groups excluding carboxylic acids is 1. The van der Waals surface area contributed by atoms with E-state index in [2.05, 4.69) is 5.10 Å². The van der Waals surface area contributed by atoms with E-state index in [1.54, 1.807) is 6.92 Å². The predicted molar refractivity (Wildman–Crippen MR) is 122 cm³/mol. The van der Waals surface area contributed by atoms with Gasteiger partial charge >= 0.3 is 5.97 Å². The van der Waals surface area contributed by atoms with Gasteiger partial charge in [0, 0.05) is 11.3 Å². The number of nitrogens with one attached hydrogen (secondary N) is 1. The summed E-state index contributed by atoms with van der Waals surface area (Å²) in [4.78, 5) is 26.6. The van der Waals surface area contributed by atoms with Gasteiger partial charge in [-0.3, -0.25) is 9.89 Å². The van der Waals surface area contributed by atoms with E-state index in [0.29, 0.717) is 22.5 Å². The van der Waals surface area contributed by atoms with Gasteiger partial charge in [-0.25, -0.2) is 9.48 Å². The second-order valence-electron chi connectivity index (χ2n) is 7.06. The maximum absolute atomic E-state index is 13.5. The molecule has 0 fully saturated rings. The minimum absolute atomic E-state index is 0.230. The Kier molecular flexibility index (Phi) is 5.67. The zero-order valence-corrected chi connectivity index (χ0v) is 17.3. The van der Waals surface area contributed by atoms with Gasteiger partial charge in [-0.05, 0) is 30.2 Å². The third-order valence-electron chi connectivity index (χ3n) is 5.10. The number of para-hydroxylation sites is 1. The van der Waals surface area contributed by atoms with Crippen molar-refractivity contribution in [2.24, 2.45) is 0 Å². The number of methoxy groups -OCH3 is 1. The molecular formula is C26H22N2O3. The van der Waals surface area contributed by atoms with Gasteiger partial charge in [0.05, 0.1) is 23.9 Å². The van der Waals surface area contributed by atoms with Crippen LogP contribution < -0.4 is 5.56 Å². The third-order valence-corrected chi connectivity index (χ3v) is 5.10. The topological polar surface area (TPSA) is 64.1 Å². The van der Waals surface area contributed by atoms with Gasteiger partial charge in [-0.1, -0.05) is 78.9 Å². The molecule has 0 aliphatic carbocycles. The molecule has 31 heavy (non-hydrogen) atoms. The lowest BCUT2D eigenvalue weighted by Gasteiger charge is -2.14. The highest BCUT2D eigenvalue weighted by molar-refractivity contribution is 6.27. The van der Waals surface area contributed by atoms with Crippen LogP contribution in [0, 0.1) is 6.92 Å². The van der Waals surface area contributed by atoms with Crippen molar-refractivity contribution in [2.75, 3.05) is 7.11 Å². The van der Waals surface area contributed by atoms with Crippen LogP contribution in [0.1, 0.15) is 22.4 Å². The van der Waals surface area contributed by atoms with Gasteiger partial charge in [0.2, 0.25) is 0 Å². The van der Waals surface area contributed by atoms with Gasteiger partial charge in [-0.2, -0.15) is 0 Å². The Morgan fingerprint density at radius 3 is 1.77 bits per heavy atom. The molecule has 1 N–H and O–H groups in total. The molecule has 5 heteroatoms. The van der Waals surface area contributed by atoms with Crippen LogP contribution in [0.25, 0.3) is 16.8 Å². The first-order valence-electron chi connectivity index (χ1n) is 9.92. The second kappa shape index (κ2) is 8.71. The summed E-state index contributed by atoms with van der Waals surface area (Å²) in [5, 5.41) is 3.11. The van der Waals surface area contributed by atoms with E-state index in [1.807, 2.05) is 91.0 Å². The van der Waals surface area contributed by atoms with E-state index < -0.39 is 5.97 Å². The van der Waals surface area contributed by atoms with E-state index in [4.69, 9.17) is 4.74 Å². The number of H-pyrrole nitrogens is 1. The molecule has 0 atom stereocenters. The van der Waals surface area contributed by atoms with Crippen molar-refractivity contribution in [2.45, 2.75) is 6.92 Å². The predicted octanol–water partition coefficient (Wildman–Crippen LogP) is 4.61. The minimum Gasteiger partial charge on any atom is -0.465 e. The molecule has 0 amide bonds. The first-order chi connectivity index (χ1) is 15.1. The molecule has 0 aliphatic heterocycles. The molecule has 4 aromatic rings. The summed E-state index contributed by atoms with van der Waals surface area (Å²) in [7, 11) is 1.33. The van der Waals surface area contributed by atoms with Crippen LogP contribution in [-0.4, -0.2) is 22.9 Å². The van der Waals surface area contributed by atoms with E-state index in [1.165, 1.54) is 11.8 Å². The molecule has 154 valence electrons. The van der Waals surface area contributed by atoms with E-state index in [9.17, 15) is 9.59 Å². The van der Waals surface area contributed by atoms with Crippen LogP contribution in [-0.2, 0) is 9.53 Å². The van der Waals surface area contributed by atoms with E-state index >= 15 is 0 Å². The Hall–Kier alpha value is -4.12. The molecule has 5 nitrogen and oxygen atoms in total. The molecular weight excluding hydrogens is 388 g/mol. The van der Waals surface area contributed by atoms with Gasteiger partial charge < -0.3 is 4.74 Å². The molecule has 3 aromatic carbocycles. The Bertz CT molecular complexity index is 1240. The summed E-state index contributed by atoms with van der Waals surface area (Å²) in [5.74, 6) is -0.567. The van der Waals surface area contributed by atoms with Gasteiger partial charge in [0.1, 0.15) is 0 Å². The number of aromatic amines is 1. The summed E-state index contributed by atoms with van der Waals surface area (Å²) in [6.07, 6.45) is 0. The second-order valence-corrected chi connectivity index (χ2v) is 7.06. The third kappa shape index (κ3) is 3.85. The van der Waals surface area contributed by atoms with Crippen LogP contribution in [0.15, 0.2) is 95.8 Å². The summed E-state index contributed by atoms with van der Waals surface area (Å²) >= 11 is 0. The Morgan fingerprint density at radius 2 is 1.29 bits per heavy atom. The number of aryl methyl sites for hydroxylation is 1. The van der Waals surface area contributed by atoms with E-state index in [-0.39, 0.29) is 11.1 Å². The number of nitrogens with zero attached hydrogens (tertiary/aromatic N) is 1. The van der Waals surface area contributed by atoms with Gasteiger partial charge in [-0.15, -0.1) is 0 Å². The standard InChI is InChI=1S/C26H22N2O3/c1-18-22(25(29)28(27-18)21-16-10-5-11-17-21)24(26(30)31-2)23(19-12-6-3-7-13-19)20-14-8-4-9-15-20/h3-17,27H,1-2H3. The highest BCUT2D eigenvalue weighted by Crippen LogP contribution is 2.33. The normalized spacial score (nSPS) is 10.5. The smallest absolute Gasteiger partial charge is 0.339 e. The highest BCUT2D eigenvalue weighted by Gasteiger charge is 2.27. The van der Waals surface area contributed by atoms with Crippen LogP contribution >= 0.6 is 0 Å². The molecule has 0 unspecified atom stereocenters. The number of rotatable bonds is 5. The van der Waals surface area contributed by atoms with Crippen molar-refractivity contribution in [1.82, 2.24) is 9.78 Å². The summed E-state index contributed by atoms with van der Waals surface area (Å²) in [6, 6.07) is 28.4. The fraction of sp³-hybridized carbons (Fsp3) is 0.0769. The van der Waals surface area contributed by atoms with Crippen molar-refractivity contribution in [3.05, 3.63) is 124 Å². The fourth-order valence-corrected chi connectivity index (χ4v) is 3.70. The van der Waals surface area contributed by atoms with E-state index in [0.717, 1.165) is 11.1 Å². The molecule has 0 saturated heterocycles. The molecule has 1 heterocycles. The maximum atomic E-state index is 13.5. The molecule has 0 saturated carbocycles. The van der Waals surface area contributed by atoms with Crippen molar-refractivity contribution in [3.8, 4) is 5.69 Å². The number of esters is 1. The van der Waals surface area contributed by atoms with Crippen LogP contribution in [0.3, 0.4) is 0 Å². The molecule has 4 rings (SSSR count). The quantitative estimate of drug-likeness (QED) is 0.386.